The highest BCUT2D eigenvalue weighted by Crippen LogP contribution is 2.20. The molecule has 1 aromatic carbocycles. The summed E-state index contributed by atoms with van der Waals surface area (Å²) >= 11 is 0. The highest BCUT2D eigenvalue weighted by molar-refractivity contribution is 7.90. The van der Waals surface area contributed by atoms with Crippen molar-refractivity contribution in [1.29, 1.82) is 0 Å². The minimum atomic E-state index is -3.68. The summed E-state index contributed by atoms with van der Waals surface area (Å²) in [6, 6.07) is 11.1. The average molecular weight is 429 g/mol. The second-order valence-electron chi connectivity index (χ2n) is 6.44. The number of amides is 3. The molecule has 10 nitrogen and oxygen atoms in total. The van der Waals surface area contributed by atoms with E-state index in [0.717, 1.165) is 6.26 Å². The van der Waals surface area contributed by atoms with E-state index in [1.807, 2.05) is 0 Å². The van der Waals surface area contributed by atoms with Gasteiger partial charge in [-0.25, -0.2) is 13.4 Å². The van der Waals surface area contributed by atoms with Crippen molar-refractivity contribution in [2.24, 2.45) is 5.73 Å². The molecule has 156 valence electrons. The number of aromatic nitrogens is 2. The van der Waals surface area contributed by atoms with E-state index in [4.69, 9.17) is 5.73 Å². The molecule has 0 aliphatic heterocycles. The number of imidazole rings is 1. The molecule has 11 heteroatoms. The lowest BCUT2D eigenvalue weighted by atomic mass is 10.1. The zero-order chi connectivity index (χ0) is 21.9. The van der Waals surface area contributed by atoms with Crippen molar-refractivity contribution in [3.63, 3.8) is 0 Å². The van der Waals surface area contributed by atoms with Gasteiger partial charge in [0.15, 0.2) is 5.69 Å². The molecule has 3 aromatic rings. The first-order valence-corrected chi connectivity index (χ1v) is 10.7. The number of primary amides is 1. The Bertz CT molecular complexity index is 1250. The second kappa shape index (κ2) is 8.33. The van der Waals surface area contributed by atoms with E-state index >= 15 is 0 Å². The summed E-state index contributed by atoms with van der Waals surface area (Å²) in [4.78, 5) is 40.1. The maximum Gasteiger partial charge on any atom is 0.276 e. The minimum absolute atomic E-state index is 0.0187. The Balaban J connectivity index is 1.91. The predicted octanol–water partition coefficient (Wildman–Crippen LogP) is 0.595. The van der Waals surface area contributed by atoms with Gasteiger partial charge in [0, 0.05) is 25.4 Å². The van der Waals surface area contributed by atoms with Crippen LogP contribution in [0.15, 0.2) is 53.8 Å². The Morgan fingerprint density at radius 3 is 2.47 bits per heavy atom. The van der Waals surface area contributed by atoms with Crippen molar-refractivity contribution in [1.82, 2.24) is 14.7 Å². The molecule has 0 aliphatic carbocycles. The summed E-state index contributed by atoms with van der Waals surface area (Å²) < 4.78 is 25.4. The van der Waals surface area contributed by atoms with Crippen molar-refractivity contribution in [2.75, 3.05) is 18.1 Å². The van der Waals surface area contributed by atoms with Crippen LogP contribution in [0.3, 0.4) is 0 Å². The molecule has 3 rings (SSSR count). The number of nitrogens with two attached hydrogens (primary N) is 1. The van der Waals surface area contributed by atoms with Crippen molar-refractivity contribution in [2.45, 2.75) is 11.6 Å². The molecule has 0 fully saturated rings. The fourth-order valence-corrected chi connectivity index (χ4v) is 3.58. The van der Waals surface area contributed by atoms with Gasteiger partial charge in [-0.2, -0.15) is 0 Å². The van der Waals surface area contributed by atoms with Gasteiger partial charge < -0.3 is 16.4 Å². The van der Waals surface area contributed by atoms with Gasteiger partial charge in [0.1, 0.15) is 0 Å². The molecular weight excluding hydrogens is 410 g/mol. The molecule has 0 atom stereocenters. The maximum atomic E-state index is 12.9. The van der Waals surface area contributed by atoms with Crippen LogP contribution < -0.4 is 16.4 Å². The molecule has 4 N–H and O–H groups in total. The monoisotopic (exact) mass is 429 g/mol. The molecule has 0 aliphatic rings. The molecule has 3 amide bonds. The lowest BCUT2D eigenvalue weighted by Crippen LogP contribution is -2.29. The largest absolute Gasteiger partial charge is 0.370 e. The molecule has 30 heavy (non-hydrogen) atoms. The molecule has 0 saturated carbocycles. The van der Waals surface area contributed by atoms with Crippen LogP contribution in [-0.4, -0.2) is 48.3 Å². The van der Waals surface area contributed by atoms with Crippen molar-refractivity contribution >= 4 is 38.8 Å². The number of anilines is 1. The van der Waals surface area contributed by atoms with Crippen LogP contribution in [0.5, 0.6) is 0 Å². The molecule has 2 aromatic heterocycles. The van der Waals surface area contributed by atoms with Crippen molar-refractivity contribution in [3.8, 4) is 0 Å². The fraction of sp³-hybridized carbons (Fsp3) is 0.158. The maximum absolute atomic E-state index is 12.9. The van der Waals surface area contributed by atoms with E-state index in [0.29, 0.717) is 5.52 Å². The third kappa shape index (κ3) is 4.46. The van der Waals surface area contributed by atoms with Gasteiger partial charge in [-0.05, 0) is 24.3 Å². The van der Waals surface area contributed by atoms with Crippen LogP contribution in [0, 0.1) is 0 Å². The van der Waals surface area contributed by atoms with Crippen molar-refractivity contribution < 1.29 is 22.8 Å². The average Bonchev–Trinajstić information content (AvgIpc) is 3.08. The number of pyridine rings is 1. The fourth-order valence-electron chi connectivity index (χ4n) is 2.80. The number of rotatable bonds is 7. The van der Waals surface area contributed by atoms with E-state index in [2.05, 4.69) is 15.6 Å². The van der Waals surface area contributed by atoms with Crippen molar-refractivity contribution in [3.05, 3.63) is 59.9 Å². The Hall–Kier alpha value is -3.73. The number of nitrogens with one attached hydrogen (secondary N) is 2. The Morgan fingerprint density at radius 2 is 1.77 bits per heavy atom. The highest BCUT2D eigenvalue weighted by atomic mass is 32.2. The zero-order valence-corrected chi connectivity index (χ0v) is 16.8. The number of hydrogen-bond donors (Lipinski definition) is 3. The number of benzene rings is 1. The highest BCUT2D eigenvalue weighted by Gasteiger charge is 2.23. The van der Waals surface area contributed by atoms with Gasteiger partial charge in [-0.15, -0.1) is 0 Å². The van der Waals surface area contributed by atoms with E-state index in [1.165, 1.54) is 22.7 Å². The molecule has 2 heterocycles. The van der Waals surface area contributed by atoms with Gasteiger partial charge in [-0.3, -0.25) is 18.8 Å². The van der Waals surface area contributed by atoms with Gasteiger partial charge in [-0.1, -0.05) is 18.2 Å². The van der Waals surface area contributed by atoms with E-state index in [9.17, 15) is 22.8 Å². The van der Waals surface area contributed by atoms with Gasteiger partial charge in [0.25, 0.3) is 11.8 Å². The zero-order valence-electron chi connectivity index (χ0n) is 16.0. The van der Waals surface area contributed by atoms with Gasteiger partial charge >= 0.3 is 0 Å². The number of sulfone groups is 1. The molecule has 0 spiro atoms. The third-order valence-corrected chi connectivity index (χ3v) is 5.09. The SMILES string of the molecule is CS(=O)(=O)c1nc(C(=O)Nc2ccccc2C(=O)NCCC(N)=O)c2ccccn12. The van der Waals surface area contributed by atoms with Crippen LogP contribution in [0.2, 0.25) is 0 Å². The molecular formula is C19H19N5O5S. The quantitative estimate of drug-likeness (QED) is 0.500. The lowest BCUT2D eigenvalue weighted by Gasteiger charge is -2.10. The van der Waals surface area contributed by atoms with Crippen LogP contribution in [0.1, 0.15) is 27.3 Å². The summed E-state index contributed by atoms with van der Waals surface area (Å²) in [7, 11) is -3.68. The summed E-state index contributed by atoms with van der Waals surface area (Å²) in [5.74, 6) is -1.73. The van der Waals surface area contributed by atoms with Crippen LogP contribution in [0.4, 0.5) is 5.69 Å². The molecule has 0 bridgehead atoms. The smallest absolute Gasteiger partial charge is 0.276 e. The van der Waals surface area contributed by atoms with Crippen LogP contribution >= 0.6 is 0 Å². The Kier molecular flexibility index (Phi) is 5.83. The van der Waals surface area contributed by atoms with Gasteiger partial charge in [0.05, 0.1) is 16.8 Å². The van der Waals surface area contributed by atoms with E-state index in [-0.39, 0.29) is 35.1 Å². The Morgan fingerprint density at radius 1 is 1.07 bits per heavy atom. The standard InChI is InChI=1S/C19H19N5O5S/c1-30(28,29)19-23-16(14-8-4-5-11-24(14)19)18(27)22-13-7-3-2-6-12(13)17(26)21-10-9-15(20)25/h2-8,11H,9-10H2,1H3,(H2,20,25)(H,21,26)(H,22,27). The number of nitrogens with zero attached hydrogens (tertiary/aromatic N) is 2. The minimum Gasteiger partial charge on any atom is -0.370 e. The summed E-state index contributed by atoms with van der Waals surface area (Å²) in [6.07, 6.45) is 2.48. The number of fused-ring (bicyclic) bond motifs is 1. The number of hydrogen-bond acceptors (Lipinski definition) is 6. The summed E-state index contributed by atoms with van der Waals surface area (Å²) in [6.45, 7) is 0.0554. The second-order valence-corrected chi connectivity index (χ2v) is 8.35. The first kappa shape index (κ1) is 21.0. The van der Waals surface area contributed by atoms with E-state index in [1.54, 1.807) is 30.3 Å². The van der Waals surface area contributed by atoms with Gasteiger partial charge in [0.2, 0.25) is 20.9 Å². The summed E-state index contributed by atoms with van der Waals surface area (Å²) in [5.41, 5.74) is 5.64. The predicted molar refractivity (Wildman–Crippen MR) is 109 cm³/mol. The van der Waals surface area contributed by atoms with E-state index < -0.39 is 27.6 Å². The molecule has 0 unspecified atom stereocenters. The number of carbonyl (C=O) groups excluding carboxylic acids is 3. The number of carbonyl (C=O) groups is 3. The topological polar surface area (TPSA) is 153 Å². The first-order valence-electron chi connectivity index (χ1n) is 8.82. The summed E-state index contributed by atoms with van der Waals surface area (Å²) in [5, 5.41) is 4.89. The first-order chi connectivity index (χ1) is 14.2. The normalized spacial score (nSPS) is 11.2. The molecule has 0 saturated heterocycles. The lowest BCUT2D eigenvalue weighted by molar-refractivity contribution is -0.117. The Labute approximate surface area is 172 Å². The van der Waals surface area contributed by atoms with Crippen LogP contribution in [-0.2, 0) is 14.6 Å². The number of para-hydroxylation sites is 1. The molecule has 0 radical (unpaired) electrons. The van der Waals surface area contributed by atoms with Crippen LogP contribution in [0.25, 0.3) is 5.52 Å². The third-order valence-electron chi connectivity index (χ3n) is 4.14.